The Balaban J connectivity index is 1.17. The van der Waals surface area contributed by atoms with Crippen LogP contribution in [0, 0.1) is 0 Å². The number of morpholine rings is 1. The summed E-state index contributed by atoms with van der Waals surface area (Å²) in [5.41, 5.74) is 3.15. The molecule has 0 aliphatic carbocycles. The molecule has 0 spiro atoms. The standard InChI is InChI=1S/C32H34N6O6S2/c1-2-44-26-11-9-25(10-12-26)38-29(34-35-32(38)45-22-30(39)37-16-15-23-5-3-4-6-28(23)37)21-33-31(40)24-7-13-27(14-8-24)46(41,42)36-17-19-43-20-18-36/h3-14H,2,15-22H2,1H3,(H,33,40). The van der Waals surface area contributed by atoms with Crippen LogP contribution in [0.15, 0.2) is 82.8 Å². The van der Waals surface area contributed by atoms with Crippen LogP contribution in [0.5, 0.6) is 5.75 Å². The van der Waals surface area contributed by atoms with E-state index in [1.807, 2.05) is 60.0 Å². The summed E-state index contributed by atoms with van der Waals surface area (Å²) >= 11 is 1.28. The maximum atomic E-state index is 13.2. The van der Waals surface area contributed by atoms with Crippen molar-refractivity contribution in [2.75, 3.05) is 50.1 Å². The summed E-state index contributed by atoms with van der Waals surface area (Å²) in [5.74, 6) is 0.921. The number of thioether (sulfide) groups is 1. The van der Waals surface area contributed by atoms with Gasteiger partial charge in [-0.2, -0.15) is 4.31 Å². The van der Waals surface area contributed by atoms with Crippen molar-refractivity contribution in [3.8, 4) is 11.4 Å². The number of carbonyl (C=O) groups excluding carboxylic acids is 2. The molecule has 240 valence electrons. The predicted molar refractivity (Wildman–Crippen MR) is 173 cm³/mol. The fourth-order valence-electron chi connectivity index (χ4n) is 5.40. The minimum atomic E-state index is -3.67. The quantitative estimate of drug-likeness (QED) is 0.240. The number of ether oxygens (including phenoxy) is 2. The Morgan fingerprint density at radius 3 is 2.43 bits per heavy atom. The van der Waals surface area contributed by atoms with Crippen molar-refractivity contribution in [3.05, 3.63) is 89.7 Å². The van der Waals surface area contributed by atoms with Crippen LogP contribution in [0.25, 0.3) is 5.69 Å². The third-order valence-electron chi connectivity index (χ3n) is 7.75. The molecule has 2 aliphatic rings. The van der Waals surface area contributed by atoms with E-state index < -0.39 is 15.9 Å². The number of hydrogen-bond acceptors (Lipinski definition) is 9. The number of fused-ring (bicyclic) bond motifs is 1. The maximum Gasteiger partial charge on any atom is 0.251 e. The number of nitrogens with one attached hydrogen (secondary N) is 1. The number of para-hydroxylation sites is 1. The van der Waals surface area contributed by atoms with Crippen molar-refractivity contribution >= 4 is 39.3 Å². The summed E-state index contributed by atoms with van der Waals surface area (Å²) in [4.78, 5) is 28.3. The Labute approximate surface area is 271 Å². The van der Waals surface area contributed by atoms with Crippen molar-refractivity contribution in [1.82, 2.24) is 24.4 Å². The Morgan fingerprint density at radius 1 is 0.957 bits per heavy atom. The van der Waals surface area contributed by atoms with Crippen LogP contribution in [0.1, 0.15) is 28.7 Å². The molecule has 0 saturated carbocycles. The summed E-state index contributed by atoms with van der Waals surface area (Å²) < 4.78 is 40.0. The van der Waals surface area contributed by atoms with Crippen LogP contribution in [0.3, 0.4) is 0 Å². The molecule has 14 heteroatoms. The van der Waals surface area contributed by atoms with Crippen LogP contribution in [0.2, 0.25) is 0 Å². The lowest BCUT2D eigenvalue weighted by molar-refractivity contribution is -0.116. The molecular weight excluding hydrogens is 629 g/mol. The maximum absolute atomic E-state index is 13.2. The van der Waals surface area contributed by atoms with Crippen molar-refractivity contribution in [2.24, 2.45) is 0 Å². The van der Waals surface area contributed by atoms with Gasteiger partial charge in [0.1, 0.15) is 5.75 Å². The van der Waals surface area contributed by atoms with E-state index in [-0.39, 0.29) is 23.1 Å². The number of sulfonamides is 1. The molecule has 1 aromatic heterocycles. The second kappa shape index (κ2) is 14.0. The van der Waals surface area contributed by atoms with Crippen molar-refractivity contribution in [1.29, 1.82) is 0 Å². The molecule has 1 N–H and O–H groups in total. The Bertz CT molecular complexity index is 1810. The van der Waals surface area contributed by atoms with Crippen LogP contribution < -0.4 is 15.0 Å². The third kappa shape index (κ3) is 6.79. The minimum absolute atomic E-state index is 0.0230. The third-order valence-corrected chi connectivity index (χ3v) is 10.6. The smallest absolute Gasteiger partial charge is 0.251 e. The minimum Gasteiger partial charge on any atom is -0.494 e. The SMILES string of the molecule is CCOc1ccc(-n2c(CNC(=O)c3ccc(S(=O)(=O)N4CCOCC4)cc3)nnc2SCC(=O)N2CCc3ccccc32)cc1. The monoisotopic (exact) mass is 662 g/mol. The first-order valence-corrected chi connectivity index (χ1v) is 17.4. The summed E-state index contributed by atoms with van der Waals surface area (Å²) in [6.07, 6.45) is 0.825. The molecule has 0 unspecified atom stereocenters. The topological polar surface area (TPSA) is 136 Å². The second-order valence-corrected chi connectivity index (χ2v) is 13.5. The highest BCUT2D eigenvalue weighted by Gasteiger charge is 2.27. The van der Waals surface area contributed by atoms with Gasteiger partial charge in [-0.15, -0.1) is 10.2 Å². The first kappa shape index (κ1) is 31.7. The van der Waals surface area contributed by atoms with Gasteiger partial charge in [-0.25, -0.2) is 8.42 Å². The van der Waals surface area contributed by atoms with E-state index in [4.69, 9.17) is 9.47 Å². The van der Waals surface area contributed by atoms with E-state index in [0.717, 1.165) is 23.4 Å². The zero-order valence-electron chi connectivity index (χ0n) is 25.3. The van der Waals surface area contributed by atoms with Gasteiger partial charge in [0.15, 0.2) is 11.0 Å². The van der Waals surface area contributed by atoms with Crippen molar-refractivity contribution in [2.45, 2.75) is 29.9 Å². The van der Waals surface area contributed by atoms with Gasteiger partial charge >= 0.3 is 0 Å². The molecule has 1 saturated heterocycles. The number of aromatic nitrogens is 3. The lowest BCUT2D eigenvalue weighted by atomic mass is 10.2. The molecule has 6 rings (SSSR count). The summed E-state index contributed by atoms with van der Waals surface area (Å²) in [6.45, 7) is 4.42. The van der Waals surface area contributed by atoms with Crippen LogP contribution in [-0.2, 0) is 32.5 Å². The number of benzene rings is 3. The zero-order chi connectivity index (χ0) is 32.1. The molecule has 1 fully saturated rings. The highest BCUT2D eigenvalue weighted by atomic mass is 32.2. The molecule has 0 radical (unpaired) electrons. The summed E-state index contributed by atoms with van der Waals surface area (Å²) in [5, 5.41) is 12.1. The summed E-state index contributed by atoms with van der Waals surface area (Å²) in [7, 11) is -3.67. The molecule has 2 aliphatic heterocycles. The second-order valence-electron chi connectivity index (χ2n) is 10.6. The van der Waals surface area contributed by atoms with Crippen LogP contribution >= 0.6 is 11.8 Å². The van der Waals surface area contributed by atoms with Crippen molar-refractivity contribution in [3.63, 3.8) is 0 Å². The van der Waals surface area contributed by atoms with E-state index >= 15 is 0 Å². The predicted octanol–water partition coefficient (Wildman–Crippen LogP) is 3.30. The average molecular weight is 663 g/mol. The van der Waals surface area contributed by atoms with E-state index in [0.29, 0.717) is 61.7 Å². The molecule has 3 aromatic carbocycles. The van der Waals surface area contributed by atoms with Gasteiger partial charge in [0.2, 0.25) is 15.9 Å². The molecule has 0 bridgehead atoms. The fraction of sp³-hybridized carbons (Fsp3) is 0.312. The lowest BCUT2D eigenvalue weighted by Gasteiger charge is -2.26. The van der Waals surface area contributed by atoms with Gasteiger partial charge in [0, 0.05) is 36.6 Å². The molecule has 46 heavy (non-hydrogen) atoms. The Kier molecular flexibility index (Phi) is 9.68. The van der Waals surface area contributed by atoms with E-state index in [2.05, 4.69) is 15.5 Å². The van der Waals surface area contributed by atoms with Gasteiger partial charge in [-0.05, 0) is 73.5 Å². The van der Waals surface area contributed by atoms with E-state index in [1.165, 1.54) is 40.3 Å². The highest BCUT2D eigenvalue weighted by Crippen LogP contribution is 2.30. The van der Waals surface area contributed by atoms with Gasteiger partial charge in [-0.1, -0.05) is 30.0 Å². The normalized spacial score (nSPS) is 15.0. The Morgan fingerprint density at radius 2 is 1.70 bits per heavy atom. The molecule has 3 heterocycles. The molecular formula is C32H34N6O6S2. The number of nitrogens with zero attached hydrogens (tertiary/aromatic N) is 5. The van der Waals surface area contributed by atoms with Gasteiger partial charge < -0.3 is 19.7 Å². The Hall–Kier alpha value is -4.24. The van der Waals surface area contributed by atoms with Gasteiger partial charge in [-0.3, -0.25) is 14.2 Å². The molecule has 4 aromatic rings. The van der Waals surface area contributed by atoms with E-state index in [1.54, 1.807) is 4.90 Å². The number of amides is 2. The molecule has 12 nitrogen and oxygen atoms in total. The largest absolute Gasteiger partial charge is 0.494 e. The van der Waals surface area contributed by atoms with Crippen LogP contribution in [0.4, 0.5) is 5.69 Å². The first-order valence-electron chi connectivity index (χ1n) is 15.0. The number of anilines is 1. The highest BCUT2D eigenvalue weighted by molar-refractivity contribution is 7.99. The number of rotatable bonds is 11. The van der Waals surface area contributed by atoms with Gasteiger partial charge in [0.05, 0.1) is 37.0 Å². The van der Waals surface area contributed by atoms with E-state index in [9.17, 15) is 18.0 Å². The fourth-order valence-corrected chi connectivity index (χ4v) is 7.66. The van der Waals surface area contributed by atoms with Crippen molar-refractivity contribution < 1.29 is 27.5 Å². The molecule has 2 amide bonds. The molecule has 0 atom stereocenters. The first-order chi connectivity index (χ1) is 22.3. The number of hydrogen-bond donors (Lipinski definition) is 1. The number of carbonyl (C=O) groups is 2. The summed E-state index contributed by atoms with van der Waals surface area (Å²) in [6, 6.07) is 21.2. The van der Waals surface area contributed by atoms with Gasteiger partial charge in [0.25, 0.3) is 5.91 Å². The zero-order valence-corrected chi connectivity index (χ0v) is 26.9. The van der Waals surface area contributed by atoms with Crippen LogP contribution in [-0.4, -0.2) is 84.5 Å². The average Bonchev–Trinajstić information content (AvgIpc) is 3.71. The lowest BCUT2D eigenvalue weighted by Crippen LogP contribution is -2.40.